The molecule has 0 saturated carbocycles. The van der Waals surface area contributed by atoms with E-state index in [1.54, 1.807) is 24.3 Å². The number of furan rings is 1. The van der Waals surface area contributed by atoms with Gasteiger partial charge in [-0.15, -0.1) is 0 Å². The van der Waals surface area contributed by atoms with Crippen LogP contribution in [-0.2, 0) is 4.74 Å². The van der Waals surface area contributed by atoms with Crippen LogP contribution in [0.5, 0.6) is 5.75 Å². The van der Waals surface area contributed by atoms with E-state index in [9.17, 15) is 9.59 Å². The van der Waals surface area contributed by atoms with E-state index >= 15 is 0 Å². The number of amides is 1. The van der Waals surface area contributed by atoms with Crippen LogP contribution < -0.4 is 4.74 Å². The van der Waals surface area contributed by atoms with Gasteiger partial charge in [-0.05, 0) is 44.2 Å². The van der Waals surface area contributed by atoms with Gasteiger partial charge < -0.3 is 18.8 Å². The molecule has 3 rings (SSSR count). The first kappa shape index (κ1) is 19.9. The molecule has 2 heterocycles. The zero-order valence-electron chi connectivity index (χ0n) is 16.6. The SMILES string of the molecule is COC(=O)c1ccc(OCCN2CCN(C(=O)c3cc(C)oc3C)CC2)cc1. The van der Waals surface area contributed by atoms with E-state index in [0.29, 0.717) is 42.3 Å². The molecule has 0 spiro atoms. The maximum atomic E-state index is 12.6. The number of benzene rings is 1. The summed E-state index contributed by atoms with van der Waals surface area (Å²) in [5, 5.41) is 0. The van der Waals surface area contributed by atoms with Gasteiger partial charge in [0, 0.05) is 32.7 Å². The van der Waals surface area contributed by atoms with Crippen molar-refractivity contribution in [1.82, 2.24) is 9.80 Å². The van der Waals surface area contributed by atoms with Crippen molar-refractivity contribution in [2.45, 2.75) is 13.8 Å². The lowest BCUT2D eigenvalue weighted by Gasteiger charge is -2.34. The van der Waals surface area contributed by atoms with Crippen molar-refractivity contribution >= 4 is 11.9 Å². The van der Waals surface area contributed by atoms with Crippen LogP contribution in [0.15, 0.2) is 34.7 Å². The van der Waals surface area contributed by atoms with E-state index in [2.05, 4.69) is 9.64 Å². The van der Waals surface area contributed by atoms with Gasteiger partial charge in [-0.25, -0.2) is 4.79 Å². The zero-order valence-corrected chi connectivity index (χ0v) is 16.6. The van der Waals surface area contributed by atoms with Crippen LogP contribution in [0.2, 0.25) is 0 Å². The van der Waals surface area contributed by atoms with E-state index in [1.165, 1.54) is 7.11 Å². The summed E-state index contributed by atoms with van der Waals surface area (Å²) in [6, 6.07) is 8.70. The van der Waals surface area contributed by atoms with E-state index in [-0.39, 0.29) is 11.9 Å². The summed E-state index contributed by atoms with van der Waals surface area (Å²) in [4.78, 5) is 28.2. The number of rotatable bonds is 6. The lowest BCUT2D eigenvalue weighted by Crippen LogP contribution is -2.49. The molecule has 1 aromatic heterocycles. The molecule has 0 N–H and O–H groups in total. The van der Waals surface area contributed by atoms with Crippen molar-refractivity contribution < 1.29 is 23.5 Å². The summed E-state index contributed by atoms with van der Waals surface area (Å²) in [7, 11) is 1.36. The molecule has 0 aliphatic carbocycles. The fourth-order valence-corrected chi connectivity index (χ4v) is 3.29. The number of methoxy groups -OCH3 is 1. The number of esters is 1. The molecule has 2 aromatic rings. The van der Waals surface area contributed by atoms with Crippen molar-refractivity contribution in [2.24, 2.45) is 0 Å². The van der Waals surface area contributed by atoms with Gasteiger partial charge in [0.15, 0.2) is 0 Å². The molecule has 0 radical (unpaired) electrons. The van der Waals surface area contributed by atoms with E-state index < -0.39 is 0 Å². The van der Waals surface area contributed by atoms with Crippen molar-refractivity contribution in [3.05, 3.63) is 53.0 Å². The maximum Gasteiger partial charge on any atom is 0.337 e. The Labute approximate surface area is 164 Å². The molecular formula is C21H26N2O5. The number of nitrogens with zero attached hydrogens (tertiary/aromatic N) is 2. The Bertz CT molecular complexity index is 820. The molecule has 0 unspecified atom stereocenters. The van der Waals surface area contributed by atoms with Gasteiger partial charge in [-0.3, -0.25) is 9.69 Å². The van der Waals surface area contributed by atoms with Gasteiger partial charge >= 0.3 is 5.97 Å². The first-order valence-corrected chi connectivity index (χ1v) is 9.38. The summed E-state index contributed by atoms with van der Waals surface area (Å²) in [5.74, 6) is 1.83. The second-order valence-electron chi connectivity index (χ2n) is 6.83. The van der Waals surface area contributed by atoms with E-state index in [1.807, 2.05) is 24.8 Å². The van der Waals surface area contributed by atoms with Gasteiger partial charge in [-0.1, -0.05) is 0 Å². The van der Waals surface area contributed by atoms with E-state index in [4.69, 9.17) is 9.15 Å². The molecule has 1 fully saturated rings. The molecule has 7 heteroatoms. The third-order valence-corrected chi connectivity index (χ3v) is 4.88. The smallest absolute Gasteiger partial charge is 0.337 e. The monoisotopic (exact) mass is 386 g/mol. The molecule has 1 amide bonds. The first-order valence-electron chi connectivity index (χ1n) is 9.38. The largest absolute Gasteiger partial charge is 0.492 e. The van der Waals surface area contributed by atoms with Crippen molar-refractivity contribution in [3.8, 4) is 5.75 Å². The summed E-state index contributed by atoms with van der Waals surface area (Å²) >= 11 is 0. The Morgan fingerprint density at radius 3 is 2.32 bits per heavy atom. The van der Waals surface area contributed by atoms with Gasteiger partial charge in [0.1, 0.15) is 23.9 Å². The van der Waals surface area contributed by atoms with Gasteiger partial charge in [0.05, 0.1) is 18.2 Å². The zero-order chi connectivity index (χ0) is 20.1. The van der Waals surface area contributed by atoms with Gasteiger partial charge in [-0.2, -0.15) is 0 Å². The molecule has 7 nitrogen and oxygen atoms in total. The molecule has 0 atom stereocenters. The highest BCUT2D eigenvalue weighted by molar-refractivity contribution is 5.95. The summed E-state index contributed by atoms with van der Waals surface area (Å²) in [5.41, 5.74) is 1.16. The molecule has 1 saturated heterocycles. The normalized spacial score (nSPS) is 14.8. The van der Waals surface area contributed by atoms with Crippen LogP contribution in [0.3, 0.4) is 0 Å². The number of piperazine rings is 1. The predicted molar refractivity (Wildman–Crippen MR) is 104 cm³/mol. The number of hydrogen-bond donors (Lipinski definition) is 0. The summed E-state index contributed by atoms with van der Waals surface area (Å²) in [6.45, 7) is 8.01. The van der Waals surface area contributed by atoms with Crippen LogP contribution in [0, 0.1) is 13.8 Å². The average Bonchev–Trinajstić information content (AvgIpc) is 3.06. The Morgan fingerprint density at radius 1 is 1.07 bits per heavy atom. The van der Waals surface area contributed by atoms with Crippen LogP contribution in [0.4, 0.5) is 0 Å². The fraction of sp³-hybridized carbons (Fsp3) is 0.429. The Balaban J connectivity index is 1.41. The molecule has 150 valence electrons. The van der Waals surface area contributed by atoms with Crippen LogP contribution in [0.1, 0.15) is 32.2 Å². The van der Waals surface area contributed by atoms with Crippen LogP contribution in [0.25, 0.3) is 0 Å². The number of ether oxygens (including phenoxy) is 2. The molecule has 28 heavy (non-hydrogen) atoms. The number of hydrogen-bond acceptors (Lipinski definition) is 6. The van der Waals surface area contributed by atoms with Crippen molar-refractivity contribution in [3.63, 3.8) is 0 Å². The van der Waals surface area contributed by atoms with E-state index in [0.717, 1.165) is 25.4 Å². The topological polar surface area (TPSA) is 72.2 Å². The van der Waals surface area contributed by atoms with Crippen molar-refractivity contribution in [2.75, 3.05) is 46.4 Å². The molecule has 1 aromatic carbocycles. The lowest BCUT2D eigenvalue weighted by molar-refractivity contribution is 0.0599. The minimum atomic E-state index is -0.361. The predicted octanol–water partition coefficient (Wildman–Crippen LogP) is 2.52. The maximum absolute atomic E-state index is 12.6. The highest BCUT2D eigenvalue weighted by Crippen LogP contribution is 2.17. The van der Waals surface area contributed by atoms with Crippen LogP contribution >= 0.6 is 0 Å². The minimum absolute atomic E-state index is 0.0379. The molecular weight excluding hydrogens is 360 g/mol. The molecule has 1 aliphatic heterocycles. The highest BCUT2D eigenvalue weighted by Gasteiger charge is 2.24. The number of aryl methyl sites for hydroxylation is 2. The highest BCUT2D eigenvalue weighted by atomic mass is 16.5. The minimum Gasteiger partial charge on any atom is -0.492 e. The lowest BCUT2D eigenvalue weighted by atomic mass is 10.2. The fourth-order valence-electron chi connectivity index (χ4n) is 3.29. The van der Waals surface area contributed by atoms with Gasteiger partial charge in [0.25, 0.3) is 5.91 Å². The number of carbonyl (C=O) groups is 2. The Kier molecular flexibility index (Phi) is 6.36. The third-order valence-electron chi connectivity index (χ3n) is 4.88. The first-order chi connectivity index (χ1) is 13.5. The average molecular weight is 386 g/mol. The second kappa shape index (κ2) is 8.93. The standard InChI is InChI=1S/C21H26N2O5/c1-15-14-19(16(2)28-15)20(24)23-10-8-22(9-11-23)12-13-27-18-6-4-17(5-7-18)21(25)26-3/h4-7,14H,8-13H2,1-3H3. The quantitative estimate of drug-likeness (QED) is 0.711. The van der Waals surface area contributed by atoms with Crippen molar-refractivity contribution in [1.29, 1.82) is 0 Å². The second-order valence-corrected chi connectivity index (χ2v) is 6.83. The molecule has 0 bridgehead atoms. The number of carbonyl (C=O) groups excluding carboxylic acids is 2. The third kappa shape index (κ3) is 4.72. The molecule has 1 aliphatic rings. The Hall–Kier alpha value is -2.80. The van der Waals surface area contributed by atoms with Crippen LogP contribution in [-0.4, -0.2) is 68.1 Å². The Morgan fingerprint density at radius 2 is 1.75 bits per heavy atom. The van der Waals surface area contributed by atoms with Gasteiger partial charge in [0.2, 0.25) is 0 Å². The summed E-state index contributed by atoms with van der Waals surface area (Å²) in [6.07, 6.45) is 0. The summed E-state index contributed by atoms with van der Waals surface area (Å²) < 4.78 is 15.9.